The summed E-state index contributed by atoms with van der Waals surface area (Å²) < 4.78 is 9.50. The Hall–Kier alpha value is -3.98. The van der Waals surface area contributed by atoms with Crippen LogP contribution in [0.2, 0.25) is 0 Å². The molecule has 0 bridgehead atoms. The molecule has 35 heavy (non-hydrogen) atoms. The van der Waals surface area contributed by atoms with Gasteiger partial charge >= 0.3 is 0 Å². The molecule has 0 unspecified atom stereocenters. The summed E-state index contributed by atoms with van der Waals surface area (Å²) in [6.07, 6.45) is 4.62. The second-order valence-corrected chi connectivity index (χ2v) is 9.53. The lowest BCUT2D eigenvalue weighted by Crippen LogP contribution is -2.22. The van der Waals surface area contributed by atoms with Crippen molar-refractivity contribution in [3.8, 4) is 5.75 Å². The zero-order valence-corrected chi connectivity index (χ0v) is 20.2. The van der Waals surface area contributed by atoms with Crippen LogP contribution in [0.3, 0.4) is 0 Å². The lowest BCUT2D eigenvalue weighted by Gasteiger charge is -2.06. The Kier molecular flexibility index (Phi) is 5.86. The number of thioether (sulfide) groups is 1. The van der Waals surface area contributed by atoms with Crippen molar-refractivity contribution in [3.05, 3.63) is 66.0 Å². The quantitative estimate of drug-likeness (QED) is 0.159. The normalized spacial score (nSPS) is 13.8. The number of aromatic nitrogens is 2. The Morgan fingerprint density at radius 1 is 1.03 bits per heavy atom. The number of hydrogen-bond donors (Lipinski definition) is 3. The van der Waals surface area contributed by atoms with E-state index in [1.54, 1.807) is 7.11 Å². The van der Waals surface area contributed by atoms with E-state index in [0.29, 0.717) is 34.8 Å². The van der Waals surface area contributed by atoms with Crippen LogP contribution in [0.4, 0.5) is 0 Å². The summed E-state index contributed by atoms with van der Waals surface area (Å²) in [6.45, 7) is 0.676. The summed E-state index contributed by atoms with van der Waals surface area (Å²) in [6, 6.07) is 13.6. The minimum atomic E-state index is -0.410. The second kappa shape index (κ2) is 8.99. The molecule has 0 aliphatic carbocycles. The molecule has 5 rings (SSSR count). The number of benzene rings is 2. The van der Waals surface area contributed by atoms with Crippen molar-refractivity contribution in [2.75, 3.05) is 12.9 Å². The van der Waals surface area contributed by atoms with E-state index < -0.39 is 11.8 Å². The minimum absolute atomic E-state index is 0.0961. The van der Waals surface area contributed by atoms with Gasteiger partial charge < -0.3 is 19.6 Å². The monoisotopic (exact) mass is 487 g/mol. The van der Waals surface area contributed by atoms with Crippen LogP contribution in [-0.2, 0) is 23.2 Å². The SMILES string of the molecule is COc1ccc2c(c1)c(C1=C(c3cn(C)c4ccccc34)C(=O)NC1=O)cn2CCCSC(=N)N. The van der Waals surface area contributed by atoms with Gasteiger partial charge in [0.1, 0.15) is 5.75 Å². The largest absolute Gasteiger partial charge is 0.497 e. The number of carbonyl (C=O) groups excluding carboxylic acids is 2. The number of carbonyl (C=O) groups is 2. The summed E-state index contributed by atoms with van der Waals surface area (Å²) in [4.78, 5) is 26.3. The molecular formula is C26H25N5O3S. The molecule has 3 heterocycles. The van der Waals surface area contributed by atoms with Crippen molar-refractivity contribution < 1.29 is 14.3 Å². The molecule has 9 heteroatoms. The fourth-order valence-electron chi connectivity index (χ4n) is 4.71. The predicted octanol–water partition coefficient (Wildman–Crippen LogP) is 3.73. The maximum atomic E-state index is 13.2. The zero-order chi connectivity index (χ0) is 24.7. The van der Waals surface area contributed by atoms with Gasteiger partial charge in [0, 0.05) is 64.7 Å². The van der Waals surface area contributed by atoms with Crippen molar-refractivity contribution >= 4 is 61.7 Å². The van der Waals surface area contributed by atoms with E-state index in [4.69, 9.17) is 15.9 Å². The van der Waals surface area contributed by atoms with Crippen LogP contribution in [0.1, 0.15) is 17.5 Å². The van der Waals surface area contributed by atoms with Crippen molar-refractivity contribution in [2.45, 2.75) is 13.0 Å². The fraction of sp³-hybridized carbons (Fsp3) is 0.192. The number of nitrogens with one attached hydrogen (secondary N) is 2. The number of aryl methyl sites for hydroxylation is 2. The Bertz CT molecular complexity index is 1550. The van der Waals surface area contributed by atoms with Crippen LogP contribution in [0, 0.1) is 5.41 Å². The molecule has 0 atom stereocenters. The number of imide groups is 1. The molecule has 0 fully saturated rings. The lowest BCUT2D eigenvalue weighted by molar-refractivity contribution is -0.122. The third-order valence-corrected chi connectivity index (χ3v) is 7.06. The lowest BCUT2D eigenvalue weighted by atomic mass is 9.95. The Labute approximate surface area is 206 Å². The average Bonchev–Trinajstić information content (AvgIpc) is 3.46. The van der Waals surface area contributed by atoms with E-state index >= 15 is 0 Å². The molecule has 0 saturated carbocycles. The minimum Gasteiger partial charge on any atom is -0.497 e. The van der Waals surface area contributed by atoms with Gasteiger partial charge in [-0.25, -0.2) is 0 Å². The van der Waals surface area contributed by atoms with Gasteiger partial charge in [-0.1, -0.05) is 30.0 Å². The van der Waals surface area contributed by atoms with Gasteiger partial charge in [-0.3, -0.25) is 20.3 Å². The fourth-order valence-corrected chi connectivity index (χ4v) is 5.21. The van der Waals surface area contributed by atoms with E-state index in [2.05, 4.69) is 9.88 Å². The molecule has 0 saturated heterocycles. The molecule has 2 amide bonds. The van der Waals surface area contributed by atoms with Gasteiger partial charge in [0.2, 0.25) is 0 Å². The number of hydrogen-bond acceptors (Lipinski definition) is 5. The van der Waals surface area contributed by atoms with Crippen LogP contribution >= 0.6 is 11.8 Å². The van der Waals surface area contributed by atoms with Crippen molar-refractivity contribution in [1.82, 2.24) is 14.5 Å². The molecule has 4 N–H and O–H groups in total. The highest BCUT2D eigenvalue weighted by Crippen LogP contribution is 2.39. The molecule has 8 nitrogen and oxygen atoms in total. The van der Waals surface area contributed by atoms with Crippen LogP contribution in [-0.4, -0.2) is 39.0 Å². The number of amides is 2. The highest BCUT2D eigenvalue weighted by molar-refractivity contribution is 8.13. The number of methoxy groups -OCH3 is 1. The topological polar surface area (TPSA) is 115 Å². The van der Waals surface area contributed by atoms with Crippen molar-refractivity contribution in [1.29, 1.82) is 5.41 Å². The first-order valence-corrected chi connectivity index (χ1v) is 12.2. The number of nitrogens with zero attached hydrogens (tertiary/aromatic N) is 2. The van der Waals surface area contributed by atoms with Gasteiger partial charge in [0.25, 0.3) is 11.8 Å². The number of amidine groups is 1. The molecule has 0 spiro atoms. The highest BCUT2D eigenvalue weighted by atomic mass is 32.2. The van der Waals surface area contributed by atoms with Crippen LogP contribution in [0.5, 0.6) is 5.75 Å². The molecule has 4 aromatic rings. The summed E-state index contributed by atoms with van der Waals surface area (Å²) in [5.41, 5.74) is 9.53. The van der Waals surface area contributed by atoms with E-state index in [-0.39, 0.29) is 5.17 Å². The molecule has 2 aromatic heterocycles. The van der Waals surface area contributed by atoms with E-state index in [1.807, 2.05) is 66.5 Å². The van der Waals surface area contributed by atoms with Gasteiger partial charge in [-0.2, -0.15) is 0 Å². The summed E-state index contributed by atoms with van der Waals surface area (Å²) >= 11 is 1.30. The molecule has 0 radical (unpaired) electrons. The molecule has 1 aliphatic rings. The second-order valence-electron chi connectivity index (χ2n) is 8.39. The summed E-state index contributed by atoms with van der Waals surface area (Å²) in [5.74, 6) is 0.569. The van der Waals surface area contributed by atoms with E-state index in [9.17, 15) is 9.59 Å². The van der Waals surface area contributed by atoms with Crippen molar-refractivity contribution in [2.24, 2.45) is 12.8 Å². The van der Waals surface area contributed by atoms with Gasteiger partial charge in [0.05, 0.1) is 18.3 Å². The van der Waals surface area contributed by atoms with E-state index in [1.165, 1.54) is 11.8 Å². The molecule has 2 aromatic carbocycles. The maximum Gasteiger partial charge on any atom is 0.259 e. The number of nitrogens with two attached hydrogens (primary N) is 1. The van der Waals surface area contributed by atoms with Gasteiger partial charge in [-0.15, -0.1) is 0 Å². The summed E-state index contributed by atoms with van der Waals surface area (Å²) in [5, 5.41) is 11.8. The average molecular weight is 488 g/mol. The smallest absolute Gasteiger partial charge is 0.259 e. The first kappa shape index (κ1) is 22.8. The Balaban J connectivity index is 1.70. The zero-order valence-electron chi connectivity index (χ0n) is 19.4. The number of fused-ring (bicyclic) bond motifs is 2. The molecular weight excluding hydrogens is 462 g/mol. The Morgan fingerprint density at radius 3 is 2.46 bits per heavy atom. The van der Waals surface area contributed by atoms with Crippen LogP contribution in [0.15, 0.2) is 54.9 Å². The van der Waals surface area contributed by atoms with E-state index in [0.717, 1.165) is 33.8 Å². The standard InChI is InChI=1S/C26H25N5O3S/c1-30-13-18(16-6-3-4-7-20(16)30)22-23(25(33)29-24(22)32)19-14-31(10-5-11-35-26(27)28)21-9-8-15(34-2)12-17(19)21/h3-4,6-9,12-14H,5,10-11H2,1-2H3,(H3,27,28)(H,29,32,33). The number of para-hydroxylation sites is 1. The molecule has 1 aliphatic heterocycles. The Morgan fingerprint density at radius 2 is 1.74 bits per heavy atom. The van der Waals surface area contributed by atoms with Gasteiger partial charge in [-0.05, 0) is 30.7 Å². The van der Waals surface area contributed by atoms with Crippen LogP contribution in [0.25, 0.3) is 33.0 Å². The highest BCUT2D eigenvalue weighted by Gasteiger charge is 2.35. The maximum absolute atomic E-state index is 13.2. The predicted molar refractivity (Wildman–Crippen MR) is 140 cm³/mol. The number of rotatable bonds is 7. The third-order valence-electron chi connectivity index (χ3n) is 6.26. The number of ether oxygens (including phenoxy) is 1. The third kappa shape index (κ3) is 3.97. The molecule has 178 valence electrons. The van der Waals surface area contributed by atoms with Gasteiger partial charge in [0.15, 0.2) is 5.17 Å². The summed E-state index contributed by atoms with van der Waals surface area (Å²) in [7, 11) is 3.53. The van der Waals surface area contributed by atoms with Crippen molar-refractivity contribution in [3.63, 3.8) is 0 Å². The first-order chi connectivity index (χ1) is 16.9. The first-order valence-electron chi connectivity index (χ1n) is 11.2. The van der Waals surface area contributed by atoms with Crippen LogP contribution < -0.4 is 15.8 Å².